The van der Waals surface area contributed by atoms with Gasteiger partial charge in [-0.3, -0.25) is 9.52 Å². The van der Waals surface area contributed by atoms with Gasteiger partial charge in [-0.15, -0.1) is 0 Å². The molecule has 8 heteroatoms. The molecule has 0 bridgehead atoms. The number of sulfonamides is 1. The van der Waals surface area contributed by atoms with E-state index in [4.69, 9.17) is 0 Å². The van der Waals surface area contributed by atoms with Crippen molar-refractivity contribution in [1.82, 2.24) is 0 Å². The summed E-state index contributed by atoms with van der Waals surface area (Å²) in [4.78, 5) is 12.6. The molecule has 3 aromatic carbocycles. The number of rotatable bonds is 8. The van der Waals surface area contributed by atoms with E-state index in [1.165, 1.54) is 12.1 Å². The zero-order valence-electron chi connectivity index (χ0n) is 16.3. The van der Waals surface area contributed by atoms with E-state index in [1.54, 1.807) is 48.2 Å². The number of anilines is 2. The first-order chi connectivity index (χ1) is 14.4. The van der Waals surface area contributed by atoms with Crippen LogP contribution in [0.25, 0.3) is 0 Å². The van der Waals surface area contributed by atoms with Gasteiger partial charge in [-0.25, -0.2) is 12.8 Å². The number of carbonyl (C=O) groups is 1. The minimum absolute atomic E-state index is 0.0782. The first kappa shape index (κ1) is 21.9. The molecule has 0 saturated carbocycles. The Morgan fingerprint density at radius 2 is 1.57 bits per heavy atom. The molecule has 0 unspecified atom stereocenters. The van der Waals surface area contributed by atoms with Crippen LogP contribution in [0.5, 0.6) is 0 Å². The number of amides is 1. The van der Waals surface area contributed by atoms with Crippen LogP contribution in [0.3, 0.4) is 0 Å². The second-order valence-corrected chi connectivity index (χ2v) is 9.35. The highest BCUT2D eigenvalue weighted by atomic mass is 32.2. The van der Waals surface area contributed by atoms with E-state index in [0.717, 1.165) is 29.2 Å². The number of para-hydroxylation sites is 2. The molecule has 0 aromatic heterocycles. The molecule has 156 valence electrons. The van der Waals surface area contributed by atoms with Gasteiger partial charge in [0.05, 0.1) is 16.3 Å². The number of benzene rings is 3. The van der Waals surface area contributed by atoms with Crippen LogP contribution in [0.2, 0.25) is 0 Å². The number of carbonyl (C=O) groups excluding carboxylic acids is 1. The van der Waals surface area contributed by atoms with Gasteiger partial charge in [0.25, 0.3) is 15.9 Å². The summed E-state index contributed by atoms with van der Waals surface area (Å²) < 4.78 is 40.7. The zero-order valence-corrected chi connectivity index (χ0v) is 17.9. The largest absolute Gasteiger partial charge is 0.320 e. The van der Waals surface area contributed by atoms with Gasteiger partial charge in [0, 0.05) is 11.3 Å². The van der Waals surface area contributed by atoms with Crippen LogP contribution in [-0.2, 0) is 15.8 Å². The van der Waals surface area contributed by atoms with Crippen molar-refractivity contribution in [2.45, 2.75) is 17.6 Å². The molecule has 0 aliphatic rings. The highest BCUT2D eigenvalue weighted by molar-refractivity contribution is 7.98. The fourth-order valence-corrected chi connectivity index (χ4v) is 4.38. The first-order valence-electron chi connectivity index (χ1n) is 9.24. The predicted molar refractivity (Wildman–Crippen MR) is 120 cm³/mol. The summed E-state index contributed by atoms with van der Waals surface area (Å²) in [6, 6.07) is 18.3. The summed E-state index contributed by atoms with van der Waals surface area (Å²) >= 11 is 1.80. The van der Waals surface area contributed by atoms with E-state index in [-0.39, 0.29) is 16.5 Å². The number of nitrogens with one attached hydrogen (secondary N) is 2. The van der Waals surface area contributed by atoms with Crippen molar-refractivity contribution < 1.29 is 17.6 Å². The van der Waals surface area contributed by atoms with Crippen LogP contribution in [0.1, 0.15) is 22.8 Å². The normalized spacial score (nSPS) is 11.1. The molecule has 1 amide bonds. The number of halogens is 1. The molecule has 0 saturated heterocycles. The lowest BCUT2D eigenvalue weighted by molar-refractivity contribution is 0.102. The van der Waals surface area contributed by atoms with Crippen molar-refractivity contribution in [3.63, 3.8) is 0 Å². The van der Waals surface area contributed by atoms with Gasteiger partial charge in [0.15, 0.2) is 0 Å². The molecular weight excluding hydrogens is 423 g/mol. The van der Waals surface area contributed by atoms with E-state index < -0.39 is 15.8 Å². The maximum atomic E-state index is 13.1. The maximum absolute atomic E-state index is 13.1. The first-order valence-corrected chi connectivity index (χ1v) is 11.9. The smallest absolute Gasteiger partial charge is 0.261 e. The summed E-state index contributed by atoms with van der Waals surface area (Å²) in [5, 5.41) is 2.74. The zero-order chi connectivity index (χ0) is 21.6. The molecular formula is C22H21FN2O3S2. The molecule has 3 rings (SSSR count). The van der Waals surface area contributed by atoms with Crippen molar-refractivity contribution in [3.8, 4) is 0 Å². The van der Waals surface area contributed by atoms with Crippen LogP contribution < -0.4 is 10.0 Å². The predicted octanol–water partition coefficient (Wildman–Crippen LogP) is 5.13. The second-order valence-electron chi connectivity index (χ2n) is 6.39. The minimum Gasteiger partial charge on any atom is -0.320 e. The third-order valence-corrected chi connectivity index (χ3v) is 6.56. The van der Waals surface area contributed by atoms with Crippen molar-refractivity contribution in [2.75, 3.05) is 15.8 Å². The summed E-state index contributed by atoms with van der Waals surface area (Å²) in [6.45, 7) is 2.09. The Kier molecular flexibility index (Phi) is 7.12. The SMILES string of the molecule is CCSCc1ccc(C(=O)Nc2ccccc2NS(=O)(=O)c2ccc(F)cc2)cc1. The number of hydrogen-bond donors (Lipinski definition) is 2. The minimum atomic E-state index is -3.94. The monoisotopic (exact) mass is 444 g/mol. The molecule has 0 heterocycles. The molecule has 30 heavy (non-hydrogen) atoms. The third-order valence-electron chi connectivity index (χ3n) is 4.23. The number of hydrogen-bond acceptors (Lipinski definition) is 4. The van der Waals surface area contributed by atoms with E-state index in [2.05, 4.69) is 17.0 Å². The van der Waals surface area contributed by atoms with Crippen LogP contribution >= 0.6 is 11.8 Å². The van der Waals surface area contributed by atoms with E-state index in [1.807, 2.05) is 12.1 Å². The highest BCUT2D eigenvalue weighted by Crippen LogP contribution is 2.25. The lowest BCUT2D eigenvalue weighted by atomic mass is 10.1. The fourth-order valence-electron chi connectivity index (χ4n) is 2.67. The molecule has 0 radical (unpaired) electrons. The molecule has 2 N–H and O–H groups in total. The Morgan fingerprint density at radius 3 is 2.20 bits per heavy atom. The standard InChI is InChI=1S/C22H21FN2O3S2/c1-2-29-15-16-7-9-17(10-8-16)22(26)24-20-5-3-4-6-21(20)25-30(27,28)19-13-11-18(23)12-14-19/h3-14,25H,2,15H2,1H3,(H,24,26). The van der Waals surface area contributed by atoms with Gasteiger partial charge < -0.3 is 5.32 Å². The number of thioether (sulfide) groups is 1. The Labute approximate surface area is 179 Å². The van der Waals surface area contributed by atoms with Crippen LogP contribution in [-0.4, -0.2) is 20.1 Å². The van der Waals surface area contributed by atoms with E-state index >= 15 is 0 Å². The summed E-state index contributed by atoms with van der Waals surface area (Å²) in [5.74, 6) is 1.03. The second kappa shape index (κ2) is 9.77. The van der Waals surface area contributed by atoms with Crippen molar-refractivity contribution in [1.29, 1.82) is 0 Å². The van der Waals surface area contributed by atoms with Gasteiger partial charge in [-0.2, -0.15) is 11.8 Å². The fraction of sp³-hybridized carbons (Fsp3) is 0.136. The van der Waals surface area contributed by atoms with E-state index in [0.29, 0.717) is 11.3 Å². The van der Waals surface area contributed by atoms with E-state index in [9.17, 15) is 17.6 Å². The quantitative estimate of drug-likeness (QED) is 0.505. The lowest BCUT2D eigenvalue weighted by Gasteiger charge is -2.14. The lowest BCUT2D eigenvalue weighted by Crippen LogP contribution is -2.17. The molecule has 0 atom stereocenters. The highest BCUT2D eigenvalue weighted by Gasteiger charge is 2.17. The summed E-state index contributed by atoms with van der Waals surface area (Å²) in [7, 11) is -3.94. The Morgan fingerprint density at radius 1 is 0.933 bits per heavy atom. The molecule has 0 spiro atoms. The Balaban J connectivity index is 1.76. The van der Waals surface area contributed by atoms with Crippen LogP contribution in [0.15, 0.2) is 77.7 Å². The van der Waals surface area contributed by atoms with Gasteiger partial charge in [-0.05, 0) is 59.8 Å². The van der Waals surface area contributed by atoms with Gasteiger partial charge in [0.1, 0.15) is 5.82 Å². The maximum Gasteiger partial charge on any atom is 0.261 e. The Hall–Kier alpha value is -2.84. The van der Waals surface area contributed by atoms with Crippen LogP contribution in [0.4, 0.5) is 15.8 Å². The molecule has 0 aliphatic carbocycles. The molecule has 3 aromatic rings. The van der Waals surface area contributed by atoms with Gasteiger partial charge in [0.2, 0.25) is 0 Å². The summed E-state index contributed by atoms with van der Waals surface area (Å²) in [5.41, 5.74) is 2.13. The Bertz CT molecular complexity index is 1120. The average Bonchev–Trinajstić information content (AvgIpc) is 2.74. The van der Waals surface area contributed by atoms with Crippen molar-refractivity contribution in [3.05, 3.63) is 89.7 Å². The molecule has 0 fully saturated rings. The van der Waals surface area contributed by atoms with Gasteiger partial charge >= 0.3 is 0 Å². The van der Waals surface area contributed by atoms with Gasteiger partial charge in [-0.1, -0.05) is 31.2 Å². The third kappa shape index (κ3) is 5.61. The topological polar surface area (TPSA) is 75.3 Å². The molecule has 0 aliphatic heterocycles. The summed E-state index contributed by atoms with van der Waals surface area (Å²) in [6.07, 6.45) is 0. The van der Waals surface area contributed by atoms with Crippen LogP contribution in [0, 0.1) is 5.82 Å². The average molecular weight is 445 g/mol. The molecule has 5 nitrogen and oxygen atoms in total. The van der Waals surface area contributed by atoms with Crippen molar-refractivity contribution >= 4 is 39.1 Å². The van der Waals surface area contributed by atoms with Crippen molar-refractivity contribution in [2.24, 2.45) is 0 Å².